The number of aromatic nitrogens is 1. The molecule has 3 nitrogen and oxygen atoms in total. The monoisotopic (exact) mass is 263 g/mol. The molecule has 1 aromatic heterocycles. The fourth-order valence-corrected chi connectivity index (χ4v) is 1.48. The standard InChI is InChI=1S/C13H8F3N3/c14-13(15,16)9-6-11(12(7-17)18-8-9)19-10-4-2-1-3-5-10/h1-6,8,19H. The summed E-state index contributed by atoms with van der Waals surface area (Å²) < 4.78 is 37.8. The predicted molar refractivity (Wildman–Crippen MR) is 63.7 cm³/mol. The summed E-state index contributed by atoms with van der Waals surface area (Å²) in [5.74, 6) is 0. The lowest BCUT2D eigenvalue weighted by atomic mass is 10.2. The van der Waals surface area contributed by atoms with Gasteiger partial charge in [0.1, 0.15) is 6.07 Å². The number of anilines is 2. The highest BCUT2D eigenvalue weighted by Crippen LogP contribution is 2.31. The molecule has 0 unspecified atom stereocenters. The van der Waals surface area contributed by atoms with Crippen molar-refractivity contribution < 1.29 is 13.2 Å². The number of para-hydroxylation sites is 1. The van der Waals surface area contributed by atoms with Gasteiger partial charge >= 0.3 is 6.18 Å². The summed E-state index contributed by atoms with van der Waals surface area (Å²) in [7, 11) is 0. The highest BCUT2D eigenvalue weighted by molar-refractivity contribution is 5.65. The average Bonchev–Trinajstić information content (AvgIpc) is 2.39. The van der Waals surface area contributed by atoms with Gasteiger partial charge in [-0.15, -0.1) is 0 Å². The van der Waals surface area contributed by atoms with Gasteiger partial charge in [0.15, 0.2) is 5.69 Å². The van der Waals surface area contributed by atoms with Gasteiger partial charge in [0.2, 0.25) is 0 Å². The largest absolute Gasteiger partial charge is 0.417 e. The van der Waals surface area contributed by atoms with Crippen LogP contribution >= 0.6 is 0 Å². The summed E-state index contributed by atoms with van der Waals surface area (Å²) in [6.45, 7) is 0. The smallest absolute Gasteiger partial charge is 0.353 e. The fourth-order valence-electron chi connectivity index (χ4n) is 1.48. The zero-order valence-electron chi connectivity index (χ0n) is 9.57. The molecule has 0 spiro atoms. The number of hydrogen-bond acceptors (Lipinski definition) is 3. The van der Waals surface area contributed by atoms with E-state index < -0.39 is 11.7 Å². The number of nitrogens with one attached hydrogen (secondary N) is 1. The zero-order chi connectivity index (χ0) is 13.9. The Morgan fingerprint density at radius 1 is 1.16 bits per heavy atom. The van der Waals surface area contributed by atoms with Gasteiger partial charge in [0.25, 0.3) is 0 Å². The van der Waals surface area contributed by atoms with Crippen LogP contribution in [-0.2, 0) is 6.18 Å². The quantitative estimate of drug-likeness (QED) is 0.898. The summed E-state index contributed by atoms with van der Waals surface area (Å²) in [4.78, 5) is 3.52. The Labute approximate surface area is 107 Å². The summed E-state index contributed by atoms with van der Waals surface area (Å²) in [6, 6.07) is 11.2. The Balaban J connectivity index is 2.41. The molecule has 0 bridgehead atoms. The van der Waals surface area contributed by atoms with E-state index >= 15 is 0 Å². The van der Waals surface area contributed by atoms with Crippen molar-refractivity contribution >= 4 is 11.4 Å². The first-order valence-electron chi connectivity index (χ1n) is 5.30. The van der Waals surface area contributed by atoms with Crippen LogP contribution in [0.4, 0.5) is 24.5 Å². The number of nitriles is 1. The van der Waals surface area contributed by atoms with Gasteiger partial charge in [-0.2, -0.15) is 18.4 Å². The zero-order valence-corrected chi connectivity index (χ0v) is 9.57. The molecule has 96 valence electrons. The van der Waals surface area contributed by atoms with Crippen molar-refractivity contribution in [3.63, 3.8) is 0 Å². The van der Waals surface area contributed by atoms with Crippen molar-refractivity contribution in [3.8, 4) is 6.07 Å². The summed E-state index contributed by atoms with van der Waals surface area (Å²) in [6.07, 6.45) is -3.84. The molecule has 0 atom stereocenters. The number of benzene rings is 1. The molecule has 1 aromatic carbocycles. The maximum absolute atomic E-state index is 12.6. The minimum Gasteiger partial charge on any atom is -0.353 e. The van der Waals surface area contributed by atoms with Crippen LogP contribution in [0.1, 0.15) is 11.3 Å². The molecule has 19 heavy (non-hydrogen) atoms. The van der Waals surface area contributed by atoms with Crippen LogP contribution in [0, 0.1) is 11.3 Å². The molecule has 0 fully saturated rings. The third-order valence-corrected chi connectivity index (χ3v) is 2.37. The summed E-state index contributed by atoms with van der Waals surface area (Å²) in [5, 5.41) is 11.6. The van der Waals surface area contributed by atoms with Crippen LogP contribution in [0.2, 0.25) is 0 Å². The normalized spacial score (nSPS) is 10.8. The molecule has 0 aliphatic carbocycles. The molecule has 0 saturated carbocycles. The van der Waals surface area contributed by atoms with E-state index in [1.54, 1.807) is 36.4 Å². The Kier molecular flexibility index (Phi) is 3.38. The molecular weight excluding hydrogens is 255 g/mol. The minimum absolute atomic E-state index is 0.0310. The number of pyridine rings is 1. The Hall–Kier alpha value is -2.55. The number of halogens is 3. The van der Waals surface area contributed by atoms with E-state index in [2.05, 4.69) is 10.3 Å². The van der Waals surface area contributed by atoms with Crippen LogP contribution < -0.4 is 5.32 Å². The first-order valence-corrected chi connectivity index (χ1v) is 5.30. The third kappa shape index (κ3) is 3.01. The second kappa shape index (κ2) is 4.98. The summed E-state index contributed by atoms with van der Waals surface area (Å²) in [5.41, 5.74) is -0.370. The molecule has 0 aliphatic rings. The molecule has 6 heteroatoms. The minimum atomic E-state index is -4.49. The maximum Gasteiger partial charge on any atom is 0.417 e. The van der Waals surface area contributed by atoms with E-state index in [0.29, 0.717) is 11.9 Å². The van der Waals surface area contributed by atoms with E-state index in [1.807, 2.05) is 0 Å². The van der Waals surface area contributed by atoms with Gasteiger partial charge in [0.05, 0.1) is 11.3 Å². The van der Waals surface area contributed by atoms with E-state index in [4.69, 9.17) is 5.26 Å². The molecule has 0 saturated heterocycles. The highest BCUT2D eigenvalue weighted by Gasteiger charge is 2.31. The molecule has 0 aliphatic heterocycles. The Bertz CT molecular complexity index is 615. The molecule has 1 heterocycles. The first kappa shape index (κ1) is 12.9. The summed E-state index contributed by atoms with van der Waals surface area (Å²) >= 11 is 0. The van der Waals surface area contributed by atoms with E-state index in [9.17, 15) is 13.2 Å². The molecular formula is C13H8F3N3. The van der Waals surface area contributed by atoms with Gasteiger partial charge < -0.3 is 5.32 Å². The van der Waals surface area contributed by atoms with Crippen molar-refractivity contribution in [1.29, 1.82) is 5.26 Å². The maximum atomic E-state index is 12.6. The van der Waals surface area contributed by atoms with E-state index in [-0.39, 0.29) is 11.4 Å². The topological polar surface area (TPSA) is 48.7 Å². The molecule has 2 aromatic rings. The van der Waals surface area contributed by atoms with Gasteiger partial charge in [0, 0.05) is 11.9 Å². The Morgan fingerprint density at radius 3 is 2.42 bits per heavy atom. The lowest BCUT2D eigenvalue weighted by molar-refractivity contribution is -0.137. The molecule has 2 rings (SSSR count). The van der Waals surface area contributed by atoms with Gasteiger partial charge in [-0.1, -0.05) is 18.2 Å². The number of rotatable bonds is 2. The van der Waals surface area contributed by atoms with Gasteiger partial charge in [-0.3, -0.25) is 0 Å². The van der Waals surface area contributed by atoms with Crippen LogP contribution in [0.3, 0.4) is 0 Å². The second-order valence-corrected chi connectivity index (χ2v) is 3.72. The first-order chi connectivity index (χ1) is 9.00. The van der Waals surface area contributed by atoms with E-state index in [0.717, 1.165) is 6.07 Å². The van der Waals surface area contributed by atoms with Crippen molar-refractivity contribution in [2.45, 2.75) is 6.18 Å². The molecule has 1 N–H and O–H groups in total. The van der Waals surface area contributed by atoms with Crippen LogP contribution in [0.15, 0.2) is 42.6 Å². The number of nitrogens with zero attached hydrogens (tertiary/aromatic N) is 2. The Morgan fingerprint density at radius 2 is 1.84 bits per heavy atom. The van der Waals surface area contributed by atoms with Crippen molar-refractivity contribution in [2.24, 2.45) is 0 Å². The highest BCUT2D eigenvalue weighted by atomic mass is 19.4. The van der Waals surface area contributed by atoms with E-state index in [1.165, 1.54) is 0 Å². The van der Waals surface area contributed by atoms with Gasteiger partial charge in [-0.05, 0) is 18.2 Å². The average molecular weight is 263 g/mol. The fraction of sp³-hybridized carbons (Fsp3) is 0.0769. The molecule has 0 amide bonds. The van der Waals surface area contributed by atoms with Crippen LogP contribution in [0.25, 0.3) is 0 Å². The predicted octanol–water partition coefficient (Wildman–Crippen LogP) is 3.72. The van der Waals surface area contributed by atoms with Crippen molar-refractivity contribution in [2.75, 3.05) is 5.32 Å². The lowest BCUT2D eigenvalue weighted by Crippen LogP contribution is -2.07. The number of hydrogen-bond donors (Lipinski definition) is 1. The van der Waals surface area contributed by atoms with Crippen LogP contribution in [-0.4, -0.2) is 4.98 Å². The number of alkyl halides is 3. The SMILES string of the molecule is N#Cc1ncc(C(F)(F)F)cc1Nc1ccccc1. The van der Waals surface area contributed by atoms with Crippen molar-refractivity contribution in [1.82, 2.24) is 4.98 Å². The van der Waals surface area contributed by atoms with Crippen LogP contribution in [0.5, 0.6) is 0 Å². The lowest BCUT2D eigenvalue weighted by Gasteiger charge is -2.11. The third-order valence-electron chi connectivity index (χ3n) is 2.37. The van der Waals surface area contributed by atoms with Crippen molar-refractivity contribution in [3.05, 3.63) is 53.9 Å². The van der Waals surface area contributed by atoms with Gasteiger partial charge in [-0.25, -0.2) is 4.98 Å². The second-order valence-electron chi connectivity index (χ2n) is 3.72. The molecule has 0 radical (unpaired) electrons.